The van der Waals surface area contributed by atoms with Crippen molar-refractivity contribution in [2.75, 3.05) is 6.79 Å². The Morgan fingerprint density at radius 1 is 1.41 bits per heavy atom. The van der Waals surface area contributed by atoms with Gasteiger partial charge in [-0.1, -0.05) is 6.08 Å². The molecule has 0 aromatic heterocycles. The molecule has 0 bridgehead atoms. The van der Waals surface area contributed by atoms with E-state index in [1.165, 1.54) is 6.21 Å². The first-order chi connectivity index (χ1) is 8.31. The summed E-state index contributed by atoms with van der Waals surface area (Å²) in [5.74, 6) is 0.943. The van der Waals surface area contributed by atoms with E-state index in [1.54, 1.807) is 24.3 Å². The Kier molecular flexibility index (Phi) is 3.40. The van der Waals surface area contributed by atoms with Crippen LogP contribution in [-0.4, -0.2) is 18.9 Å². The summed E-state index contributed by atoms with van der Waals surface area (Å²) in [6.45, 7) is 2.06. The Morgan fingerprint density at radius 3 is 3.06 bits per heavy atom. The lowest BCUT2D eigenvalue weighted by atomic mass is 10.2. The van der Waals surface area contributed by atoms with E-state index >= 15 is 0 Å². The minimum atomic E-state index is -0.288. The van der Waals surface area contributed by atoms with Crippen molar-refractivity contribution in [2.24, 2.45) is 5.10 Å². The average molecular weight is 232 g/mol. The molecule has 0 fully saturated rings. The van der Waals surface area contributed by atoms with Crippen LogP contribution >= 0.6 is 0 Å². The Hall–Kier alpha value is -2.30. The number of rotatable bonds is 3. The van der Waals surface area contributed by atoms with Crippen molar-refractivity contribution in [3.63, 3.8) is 0 Å². The number of carbonyl (C=O) groups excluding carboxylic acids is 1. The highest BCUT2D eigenvalue weighted by Crippen LogP contribution is 2.32. The average Bonchev–Trinajstić information content (AvgIpc) is 2.81. The second kappa shape index (κ2) is 5.16. The Bertz CT molecular complexity index is 481. The molecule has 1 aliphatic heterocycles. The topological polar surface area (TPSA) is 59.9 Å². The predicted octanol–water partition coefficient (Wildman–Crippen LogP) is 1.71. The van der Waals surface area contributed by atoms with Gasteiger partial charge in [-0.05, 0) is 31.2 Å². The molecule has 0 saturated heterocycles. The van der Waals surface area contributed by atoms with Gasteiger partial charge in [-0.2, -0.15) is 5.10 Å². The Labute approximate surface area is 98.7 Å². The van der Waals surface area contributed by atoms with Crippen molar-refractivity contribution in [2.45, 2.75) is 6.92 Å². The summed E-state index contributed by atoms with van der Waals surface area (Å²) in [7, 11) is 0. The van der Waals surface area contributed by atoms with Crippen LogP contribution in [0.5, 0.6) is 11.5 Å². The fraction of sp³-hybridized carbons (Fsp3) is 0.167. The molecule has 1 amide bonds. The summed E-state index contributed by atoms with van der Waals surface area (Å²) >= 11 is 0. The van der Waals surface area contributed by atoms with Gasteiger partial charge in [0.05, 0.1) is 0 Å². The predicted molar refractivity (Wildman–Crippen MR) is 63.3 cm³/mol. The van der Waals surface area contributed by atoms with Crippen LogP contribution in [0.15, 0.2) is 35.5 Å². The van der Waals surface area contributed by atoms with Crippen LogP contribution < -0.4 is 14.9 Å². The molecular weight excluding hydrogens is 220 g/mol. The number of benzene rings is 1. The lowest BCUT2D eigenvalue weighted by Crippen LogP contribution is -2.17. The number of carbonyl (C=O) groups is 1. The second-order valence-corrected chi connectivity index (χ2v) is 3.31. The van der Waals surface area contributed by atoms with Gasteiger partial charge in [-0.3, -0.25) is 4.79 Å². The van der Waals surface area contributed by atoms with Crippen LogP contribution in [0.1, 0.15) is 17.3 Å². The number of hydrogen-bond acceptors (Lipinski definition) is 4. The SMILES string of the molecule is CC=CC=NNC(=O)c1ccc2c(c1)OCO2. The van der Waals surface area contributed by atoms with Gasteiger partial charge in [0.1, 0.15) is 0 Å². The van der Waals surface area contributed by atoms with Crippen LogP contribution in [-0.2, 0) is 0 Å². The maximum Gasteiger partial charge on any atom is 0.271 e. The molecule has 2 rings (SSSR count). The number of amides is 1. The van der Waals surface area contributed by atoms with Crippen LogP contribution in [0, 0.1) is 0 Å². The second-order valence-electron chi connectivity index (χ2n) is 3.31. The van der Waals surface area contributed by atoms with Gasteiger partial charge in [0, 0.05) is 11.8 Å². The summed E-state index contributed by atoms with van der Waals surface area (Å²) in [6, 6.07) is 4.99. The van der Waals surface area contributed by atoms with Crippen LogP contribution in [0.25, 0.3) is 0 Å². The Balaban J connectivity index is 2.04. The third kappa shape index (κ3) is 2.63. The molecule has 1 aromatic rings. The molecule has 1 heterocycles. The lowest BCUT2D eigenvalue weighted by Gasteiger charge is -2.00. The zero-order valence-corrected chi connectivity index (χ0v) is 9.34. The minimum absolute atomic E-state index is 0.194. The van der Waals surface area contributed by atoms with E-state index < -0.39 is 0 Å². The van der Waals surface area contributed by atoms with Crippen molar-refractivity contribution < 1.29 is 14.3 Å². The zero-order chi connectivity index (χ0) is 12.1. The molecule has 5 heteroatoms. The summed E-state index contributed by atoms with van der Waals surface area (Å²) in [4.78, 5) is 11.7. The quantitative estimate of drug-likeness (QED) is 0.637. The highest BCUT2D eigenvalue weighted by atomic mass is 16.7. The van der Waals surface area contributed by atoms with Crippen molar-refractivity contribution in [1.29, 1.82) is 0 Å². The van der Waals surface area contributed by atoms with Gasteiger partial charge in [0.15, 0.2) is 11.5 Å². The van der Waals surface area contributed by atoms with Crippen LogP contribution in [0.2, 0.25) is 0 Å². The fourth-order valence-corrected chi connectivity index (χ4v) is 1.33. The largest absolute Gasteiger partial charge is 0.454 e. The molecule has 0 saturated carbocycles. The maximum atomic E-state index is 11.7. The van der Waals surface area contributed by atoms with Crippen molar-refractivity contribution in [1.82, 2.24) is 5.43 Å². The fourth-order valence-electron chi connectivity index (χ4n) is 1.33. The molecule has 0 unspecified atom stereocenters. The standard InChI is InChI=1S/C12H12N2O3/c1-2-3-6-13-14-12(15)9-4-5-10-11(7-9)17-8-16-10/h2-7H,8H2,1H3,(H,14,15). The summed E-state index contributed by atoms with van der Waals surface area (Å²) in [6.07, 6.45) is 5.04. The number of hydrazone groups is 1. The summed E-state index contributed by atoms with van der Waals surface area (Å²) in [5.41, 5.74) is 2.89. The summed E-state index contributed by atoms with van der Waals surface area (Å²) in [5, 5.41) is 3.75. The van der Waals surface area contributed by atoms with E-state index in [0.29, 0.717) is 17.1 Å². The lowest BCUT2D eigenvalue weighted by molar-refractivity contribution is 0.0954. The highest BCUT2D eigenvalue weighted by molar-refractivity contribution is 5.95. The minimum Gasteiger partial charge on any atom is -0.454 e. The van der Waals surface area contributed by atoms with Crippen molar-refractivity contribution >= 4 is 12.1 Å². The molecule has 0 aliphatic carbocycles. The molecule has 88 valence electrons. The van der Waals surface area contributed by atoms with E-state index in [1.807, 2.05) is 13.0 Å². The Morgan fingerprint density at radius 2 is 2.24 bits per heavy atom. The molecular formula is C12H12N2O3. The zero-order valence-electron chi connectivity index (χ0n) is 9.34. The van der Waals surface area contributed by atoms with E-state index in [0.717, 1.165) is 0 Å². The van der Waals surface area contributed by atoms with Crippen molar-refractivity contribution in [3.05, 3.63) is 35.9 Å². The third-order valence-corrected chi connectivity index (χ3v) is 2.15. The number of allylic oxidation sites excluding steroid dienone is 2. The first-order valence-electron chi connectivity index (χ1n) is 5.15. The van der Waals surface area contributed by atoms with Gasteiger partial charge in [0.25, 0.3) is 5.91 Å². The molecule has 0 radical (unpaired) electrons. The van der Waals surface area contributed by atoms with E-state index in [4.69, 9.17) is 9.47 Å². The number of nitrogens with one attached hydrogen (secondary N) is 1. The van der Waals surface area contributed by atoms with Gasteiger partial charge in [0.2, 0.25) is 6.79 Å². The normalized spacial score (nSPS) is 13.5. The number of ether oxygens (including phenoxy) is 2. The molecule has 17 heavy (non-hydrogen) atoms. The highest BCUT2D eigenvalue weighted by Gasteiger charge is 2.15. The van der Waals surface area contributed by atoms with E-state index in [9.17, 15) is 4.79 Å². The molecule has 1 N–H and O–H groups in total. The number of fused-ring (bicyclic) bond motifs is 1. The van der Waals surface area contributed by atoms with E-state index in [-0.39, 0.29) is 12.7 Å². The third-order valence-electron chi connectivity index (χ3n) is 2.15. The van der Waals surface area contributed by atoms with Gasteiger partial charge in [-0.25, -0.2) is 5.43 Å². The monoisotopic (exact) mass is 232 g/mol. The van der Waals surface area contributed by atoms with Gasteiger partial charge >= 0.3 is 0 Å². The van der Waals surface area contributed by atoms with Crippen LogP contribution in [0.4, 0.5) is 0 Å². The number of hydrogen-bond donors (Lipinski definition) is 1. The van der Waals surface area contributed by atoms with E-state index in [2.05, 4.69) is 10.5 Å². The molecule has 0 atom stereocenters. The molecule has 1 aromatic carbocycles. The summed E-state index contributed by atoms with van der Waals surface area (Å²) < 4.78 is 10.3. The smallest absolute Gasteiger partial charge is 0.271 e. The molecule has 0 spiro atoms. The maximum absolute atomic E-state index is 11.7. The number of nitrogens with zero attached hydrogens (tertiary/aromatic N) is 1. The first-order valence-corrected chi connectivity index (χ1v) is 5.15. The van der Waals surface area contributed by atoms with Crippen molar-refractivity contribution in [3.8, 4) is 11.5 Å². The molecule has 5 nitrogen and oxygen atoms in total. The molecule has 1 aliphatic rings. The van der Waals surface area contributed by atoms with Gasteiger partial charge in [-0.15, -0.1) is 0 Å². The van der Waals surface area contributed by atoms with Gasteiger partial charge < -0.3 is 9.47 Å². The first kappa shape index (κ1) is 11.2. The van der Waals surface area contributed by atoms with Crippen LogP contribution in [0.3, 0.4) is 0 Å².